The Labute approximate surface area is 275 Å². The average Bonchev–Trinajstić information content (AvgIpc) is 3.00. The molecule has 0 radical (unpaired) electrons. The molecule has 6 rings (SSSR count). The number of phosphoric ester groups is 2. The molecule has 0 N–H and O–H groups in total. The van der Waals surface area contributed by atoms with Gasteiger partial charge < -0.3 is 27.1 Å². The molecule has 0 fully saturated rings. The summed E-state index contributed by atoms with van der Waals surface area (Å²) in [6.45, 7) is 11.2. The first-order valence-corrected chi connectivity index (χ1v) is 18.1. The second-order valence-electron chi connectivity index (χ2n) is 11.7. The smallest absolute Gasteiger partial charge is 0.386 e. The maximum absolute atomic E-state index is 14.5. The van der Waals surface area contributed by atoms with Crippen LogP contribution in [0.3, 0.4) is 0 Å². The van der Waals surface area contributed by atoms with Gasteiger partial charge in [-0.15, -0.1) is 0 Å². The van der Waals surface area contributed by atoms with Crippen LogP contribution < -0.4 is 27.1 Å². The predicted octanol–water partition coefficient (Wildman–Crippen LogP) is 10.7. The van der Waals surface area contributed by atoms with Crippen LogP contribution in [0.5, 0.6) is 34.5 Å². The normalized spacial score (nSPS) is 13.5. The summed E-state index contributed by atoms with van der Waals surface area (Å²) in [7, 11) is -8.69. The lowest BCUT2D eigenvalue weighted by Gasteiger charge is -2.26. The Kier molecular flexibility index (Phi) is 8.84. The third-order valence-electron chi connectivity index (χ3n) is 7.84. The second-order valence-corrected chi connectivity index (χ2v) is 14.5. The molecule has 0 bridgehead atoms. The molecule has 0 saturated heterocycles. The molecule has 0 unspecified atom stereocenters. The summed E-state index contributed by atoms with van der Waals surface area (Å²) in [5.41, 5.74) is 6.34. The van der Waals surface area contributed by atoms with Crippen molar-refractivity contribution in [2.24, 2.45) is 0 Å². The van der Waals surface area contributed by atoms with Crippen LogP contribution in [-0.4, -0.2) is 0 Å². The minimum Gasteiger partial charge on any atom is -0.386 e. The zero-order valence-corrected chi connectivity index (χ0v) is 28.9. The van der Waals surface area contributed by atoms with Gasteiger partial charge in [-0.1, -0.05) is 78.9 Å². The molecule has 10 heteroatoms. The van der Waals surface area contributed by atoms with Crippen molar-refractivity contribution in [1.29, 1.82) is 0 Å². The molecule has 47 heavy (non-hydrogen) atoms. The number of phosphoric acid groups is 2. The van der Waals surface area contributed by atoms with Crippen molar-refractivity contribution in [1.82, 2.24) is 0 Å². The maximum atomic E-state index is 14.5. The van der Waals surface area contributed by atoms with E-state index in [1.165, 1.54) is 6.07 Å². The minimum atomic E-state index is -4.37. The third-order valence-corrected chi connectivity index (χ3v) is 10.3. The van der Waals surface area contributed by atoms with E-state index in [0.29, 0.717) is 29.4 Å². The minimum absolute atomic E-state index is 0.0927. The van der Waals surface area contributed by atoms with Gasteiger partial charge in [0.25, 0.3) is 0 Å². The second kappa shape index (κ2) is 12.9. The SMILES string of the molecule is Cc1cccc(C)c1OP(=O)(Oc1cccc(OP2(=O)Oc3c(C)cccc3Cc3cccc(C)c3O2)c1)Oc1c(C)cccc1C. The van der Waals surface area contributed by atoms with Crippen LogP contribution in [0.15, 0.2) is 97.1 Å². The van der Waals surface area contributed by atoms with Gasteiger partial charge in [-0.2, -0.15) is 9.13 Å². The van der Waals surface area contributed by atoms with E-state index >= 15 is 0 Å². The first-order valence-electron chi connectivity index (χ1n) is 15.2. The van der Waals surface area contributed by atoms with Gasteiger partial charge in [-0.25, -0.2) is 0 Å². The van der Waals surface area contributed by atoms with Crippen molar-refractivity contribution in [3.05, 3.63) is 142 Å². The van der Waals surface area contributed by atoms with Gasteiger partial charge in [0.1, 0.15) is 34.5 Å². The van der Waals surface area contributed by atoms with E-state index in [9.17, 15) is 9.13 Å². The molecule has 0 atom stereocenters. The summed E-state index contributed by atoms with van der Waals surface area (Å²) in [5.74, 6) is 1.84. The average molecular weight is 671 g/mol. The van der Waals surface area contributed by atoms with Gasteiger partial charge in [0, 0.05) is 12.5 Å². The van der Waals surface area contributed by atoms with Crippen LogP contribution in [0, 0.1) is 41.5 Å². The third kappa shape index (κ3) is 7.05. The lowest BCUT2D eigenvalue weighted by molar-refractivity contribution is 0.290. The highest BCUT2D eigenvalue weighted by molar-refractivity contribution is 7.50. The molecule has 1 heterocycles. The monoisotopic (exact) mass is 670 g/mol. The molecule has 0 amide bonds. The van der Waals surface area contributed by atoms with Crippen LogP contribution in [0.25, 0.3) is 0 Å². The van der Waals surface area contributed by atoms with Gasteiger partial charge in [0.15, 0.2) is 0 Å². The van der Waals surface area contributed by atoms with E-state index < -0.39 is 15.6 Å². The highest BCUT2D eigenvalue weighted by Gasteiger charge is 2.39. The van der Waals surface area contributed by atoms with Crippen molar-refractivity contribution in [3.8, 4) is 34.5 Å². The number of hydrogen-bond donors (Lipinski definition) is 0. The van der Waals surface area contributed by atoms with E-state index in [1.807, 2.05) is 114 Å². The molecule has 0 spiro atoms. The Hall–Kier alpha value is -4.64. The summed E-state index contributed by atoms with van der Waals surface area (Å²) in [4.78, 5) is 0. The van der Waals surface area contributed by atoms with Crippen molar-refractivity contribution < 1.29 is 36.3 Å². The van der Waals surface area contributed by atoms with Gasteiger partial charge in [-0.05, 0) is 98.2 Å². The van der Waals surface area contributed by atoms with Crippen molar-refractivity contribution in [2.75, 3.05) is 0 Å². The molecule has 1 aliphatic heterocycles. The fraction of sp³-hybridized carbons (Fsp3) is 0.189. The first kappa shape index (κ1) is 32.3. The molecule has 1 aliphatic rings. The van der Waals surface area contributed by atoms with Gasteiger partial charge in [-0.3, -0.25) is 0 Å². The van der Waals surface area contributed by atoms with Crippen LogP contribution in [0.4, 0.5) is 0 Å². The molecule has 0 aliphatic carbocycles. The van der Waals surface area contributed by atoms with Gasteiger partial charge in [0.05, 0.1) is 0 Å². The number of para-hydroxylation sites is 4. The number of aryl methyl sites for hydroxylation is 6. The summed E-state index contributed by atoms with van der Waals surface area (Å²) in [6.07, 6.45) is 0.535. The molecular formula is C37H36O8P2. The van der Waals surface area contributed by atoms with E-state index in [0.717, 1.165) is 44.5 Å². The molecule has 0 saturated carbocycles. The summed E-state index contributed by atoms with van der Waals surface area (Å²) >= 11 is 0. The number of fused-ring (bicyclic) bond motifs is 2. The van der Waals surface area contributed by atoms with E-state index in [4.69, 9.17) is 27.1 Å². The Balaban J connectivity index is 1.36. The van der Waals surface area contributed by atoms with Crippen LogP contribution >= 0.6 is 15.6 Å². The lowest BCUT2D eigenvalue weighted by atomic mass is 9.99. The van der Waals surface area contributed by atoms with Gasteiger partial charge in [0.2, 0.25) is 0 Å². The van der Waals surface area contributed by atoms with Crippen LogP contribution in [0.2, 0.25) is 0 Å². The topological polar surface area (TPSA) is 89.5 Å². The molecule has 8 nitrogen and oxygen atoms in total. The van der Waals surface area contributed by atoms with Crippen molar-refractivity contribution >= 4 is 15.6 Å². The van der Waals surface area contributed by atoms with Crippen molar-refractivity contribution in [2.45, 2.75) is 48.0 Å². The standard InChI is InChI=1S/C37H36O8P2/c1-24-12-7-13-25(2)34(24)42-46(38,43-35-26(3)14-8-15-27(35)4)40-32-20-11-21-33(23-32)41-47(39)44-36-28(5)16-9-18-30(36)22-31-19-10-17-29(6)37(31)45-47/h7-21,23H,22H2,1-6H3. The number of hydrogen-bond acceptors (Lipinski definition) is 8. The molecule has 5 aromatic carbocycles. The largest absolute Gasteiger partial charge is 0.647 e. The van der Waals surface area contributed by atoms with Gasteiger partial charge >= 0.3 is 15.6 Å². The Morgan fingerprint density at radius 3 is 1.45 bits per heavy atom. The van der Waals surface area contributed by atoms with E-state index in [2.05, 4.69) is 0 Å². The highest BCUT2D eigenvalue weighted by Crippen LogP contribution is 2.56. The first-order chi connectivity index (χ1) is 22.4. The number of rotatable bonds is 8. The molecule has 0 aromatic heterocycles. The zero-order valence-electron chi connectivity index (χ0n) is 27.1. The summed E-state index contributed by atoms with van der Waals surface area (Å²) in [5, 5.41) is 0. The maximum Gasteiger partial charge on any atom is 0.647 e. The molecular weight excluding hydrogens is 634 g/mol. The lowest BCUT2D eigenvalue weighted by Crippen LogP contribution is -2.13. The Bertz CT molecular complexity index is 1920. The fourth-order valence-electron chi connectivity index (χ4n) is 5.46. The fourth-order valence-corrected chi connectivity index (χ4v) is 8.42. The Morgan fingerprint density at radius 2 is 0.957 bits per heavy atom. The highest BCUT2D eigenvalue weighted by atomic mass is 31.2. The number of benzene rings is 5. The van der Waals surface area contributed by atoms with E-state index in [1.54, 1.807) is 18.2 Å². The quantitative estimate of drug-likeness (QED) is 0.151. The summed E-state index contributed by atoms with van der Waals surface area (Å²) in [6, 6.07) is 28.9. The molecule has 5 aromatic rings. The van der Waals surface area contributed by atoms with E-state index in [-0.39, 0.29) is 11.5 Å². The van der Waals surface area contributed by atoms with Crippen molar-refractivity contribution in [3.63, 3.8) is 0 Å². The zero-order chi connectivity index (χ0) is 33.3. The van der Waals surface area contributed by atoms with Crippen LogP contribution in [0.1, 0.15) is 44.5 Å². The summed E-state index contributed by atoms with van der Waals surface area (Å²) < 4.78 is 65.4. The van der Waals surface area contributed by atoms with Crippen LogP contribution in [-0.2, 0) is 15.6 Å². The molecule has 242 valence electrons. The predicted molar refractivity (Wildman–Crippen MR) is 182 cm³/mol. The Morgan fingerprint density at radius 1 is 0.553 bits per heavy atom.